The standard InChI is InChI=1S/C16H13N3OS/c1-10-6-7-18-8-13(10)16-19-14(9-21-16)11-2-4-12(5-3-11)15(17)20/h2-9H,1H3,(H2,17,20). The number of hydrogen-bond acceptors (Lipinski definition) is 4. The third kappa shape index (κ3) is 2.68. The molecule has 2 aromatic heterocycles. The molecule has 21 heavy (non-hydrogen) atoms. The number of nitrogens with zero attached hydrogens (tertiary/aromatic N) is 2. The maximum atomic E-state index is 11.1. The van der Waals surface area contributed by atoms with Crippen LogP contribution in [0.3, 0.4) is 0 Å². The number of primary amides is 1. The molecule has 0 unspecified atom stereocenters. The van der Waals surface area contributed by atoms with Crippen molar-refractivity contribution in [1.29, 1.82) is 0 Å². The van der Waals surface area contributed by atoms with Crippen LogP contribution >= 0.6 is 11.3 Å². The van der Waals surface area contributed by atoms with E-state index in [-0.39, 0.29) is 0 Å². The van der Waals surface area contributed by atoms with Crippen LogP contribution in [0, 0.1) is 6.92 Å². The van der Waals surface area contributed by atoms with Gasteiger partial charge < -0.3 is 5.73 Å². The van der Waals surface area contributed by atoms with Crippen molar-refractivity contribution in [2.24, 2.45) is 5.73 Å². The molecule has 0 saturated heterocycles. The number of benzene rings is 1. The Hall–Kier alpha value is -2.53. The molecule has 0 fully saturated rings. The topological polar surface area (TPSA) is 68.9 Å². The molecular weight excluding hydrogens is 282 g/mol. The second-order valence-electron chi connectivity index (χ2n) is 4.67. The van der Waals surface area contributed by atoms with Crippen LogP contribution in [0.15, 0.2) is 48.1 Å². The molecule has 0 atom stereocenters. The molecule has 0 saturated carbocycles. The summed E-state index contributed by atoms with van der Waals surface area (Å²) in [5, 5.41) is 2.94. The molecule has 2 heterocycles. The number of hydrogen-bond donors (Lipinski definition) is 1. The van der Waals surface area contributed by atoms with Gasteiger partial charge in [0.2, 0.25) is 5.91 Å². The Morgan fingerprint density at radius 2 is 1.95 bits per heavy atom. The van der Waals surface area contributed by atoms with Crippen LogP contribution in [0.4, 0.5) is 0 Å². The Labute approximate surface area is 126 Å². The first-order valence-electron chi connectivity index (χ1n) is 6.42. The molecule has 0 radical (unpaired) electrons. The first kappa shape index (κ1) is 13.5. The fraction of sp³-hybridized carbons (Fsp3) is 0.0625. The molecule has 2 N–H and O–H groups in total. The summed E-state index contributed by atoms with van der Waals surface area (Å²) in [5.74, 6) is -0.425. The van der Waals surface area contributed by atoms with E-state index in [1.54, 1.807) is 29.7 Å². The maximum absolute atomic E-state index is 11.1. The van der Waals surface area contributed by atoms with Crippen LogP contribution in [0.5, 0.6) is 0 Å². The zero-order valence-electron chi connectivity index (χ0n) is 11.4. The molecule has 5 heteroatoms. The van der Waals surface area contributed by atoms with Crippen LogP contribution in [0.2, 0.25) is 0 Å². The van der Waals surface area contributed by atoms with E-state index in [1.807, 2.05) is 36.7 Å². The van der Waals surface area contributed by atoms with E-state index < -0.39 is 5.91 Å². The van der Waals surface area contributed by atoms with Crippen LogP contribution in [-0.2, 0) is 0 Å². The van der Waals surface area contributed by atoms with Gasteiger partial charge in [-0.1, -0.05) is 12.1 Å². The van der Waals surface area contributed by atoms with E-state index >= 15 is 0 Å². The normalized spacial score (nSPS) is 10.5. The van der Waals surface area contributed by atoms with Gasteiger partial charge in [0.25, 0.3) is 0 Å². The summed E-state index contributed by atoms with van der Waals surface area (Å²) in [4.78, 5) is 19.9. The molecule has 1 aromatic carbocycles. The summed E-state index contributed by atoms with van der Waals surface area (Å²) >= 11 is 1.58. The van der Waals surface area contributed by atoms with Gasteiger partial charge in [0.1, 0.15) is 5.01 Å². The minimum atomic E-state index is -0.425. The van der Waals surface area contributed by atoms with Crippen LogP contribution in [0.25, 0.3) is 21.8 Å². The summed E-state index contributed by atoms with van der Waals surface area (Å²) < 4.78 is 0. The second-order valence-corrected chi connectivity index (χ2v) is 5.53. The van der Waals surface area contributed by atoms with E-state index in [1.165, 1.54) is 0 Å². The Balaban J connectivity index is 1.95. The van der Waals surface area contributed by atoms with Gasteiger partial charge in [0.05, 0.1) is 5.69 Å². The van der Waals surface area contributed by atoms with Crippen molar-refractivity contribution in [2.45, 2.75) is 6.92 Å². The van der Waals surface area contributed by atoms with Gasteiger partial charge in [-0.15, -0.1) is 11.3 Å². The largest absolute Gasteiger partial charge is 0.366 e. The Morgan fingerprint density at radius 1 is 1.19 bits per heavy atom. The van der Waals surface area contributed by atoms with E-state index in [4.69, 9.17) is 5.73 Å². The van der Waals surface area contributed by atoms with Crippen molar-refractivity contribution in [1.82, 2.24) is 9.97 Å². The van der Waals surface area contributed by atoms with Gasteiger partial charge in [0.15, 0.2) is 0 Å². The highest BCUT2D eigenvalue weighted by Crippen LogP contribution is 2.30. The molecule has 3 rings (SSSR count). The lowest BCUT2D eigenvalue weighted by Crippen LogP contribution is -2.10. The van der Waals surface area contributed by atoms with Gasteiger partial charge in [-0.2, -0.15) is 0 Å². The number of nitrogens with two attached hydrogens (primary N) is 1. The predicted molar refractivity (Wildman–Crippen MR) is 84.0 cm³/mol. The number of aryl methyl sites for hydroxylation is 1. The van der Waals surface area contributed by atoms with E-state index in [0.29, 0.717) is 5.56 Å². The molecule has 0 aliphatic heterocycles. The SMILES string of the molecule is Cc1ccncc1-c1nc(-c2ccc(C(N)=O)cc2)cs1. The fourth-order valence-corrected chi connectivity index (χ4v) is 2.93. The average Bonchev–Trinajstić information content (AvgIpc) is 2.97. The second kappa shape index (κ2) is 5.46. The van der Waals surface area contributed by atoms with E-state index in [0.717, 1.165) is 27.4 Å². The van der Waals surface area contributed by atoms with Crippen molar-refractivity contribution in [2.75, 3.05) is 0 Å². The number of pyridine rings is 1. The number of aromatic nitrogens is 2. The molecule has 4 nitrogen and oxygen atoms in total. The molecule has 3 aromatic rings. The lowest BCUT2D eigenvalue weighted by molar-refractivity contribution is 0.100. The van der Waals surface area contributed by atoms with Crippen molar-refractivity contribution in [3.8, 4) is 21.8 Å². The summed E-state index contributed by atoms with van der Waals surface area (Å²) in [5.41, 5.74) is 9.78. The summed E-state index contributed by atoms with van der Waals surface area (Å²) in [6.07, 6.45) is 3.60. The van der Waals surface area contributed by atoms with Crippen molar-refractivity contribution in [3.63, 3.8) is 0 Å². The van der Waals surface area contributed by atoms with Gasteiger partial charge in [-0.3, -0.25) is 9.78 Å². The first-order valence-corrected chi connectivity index (χ1v) is 7.30. The third-order valence-corrected chi connectivity index (χ3v) is 4.11. The number of carbonyl (C=O) groups excluding carboxylic acids is 1. The number of rotatable bonds is 3. The van der Waals surface area contributed by atoms with Gasteiger partial charge in [0, 0.05) is 34.5 Å². The summed E-state index contributed by atoms with van der Waals surface area (Å²) in [7, 11) is 0. The zero-order valence-corrected chi connectivity index (χ0v) is 12.2. The highest BCUT2D eigenvalue weighted by molar-refractivity contribution is 7.13. The lowest BCUT2D eigenvalue weighted by Gasteiger charge is -2.00. The van der Waals surface area contributed by atoms with Crippen LogP contribution < -0.4 is 5.73 Å². The molecule has 0 aliphatic carbocycles. The van der Waals surface area contributed by atoms with Crippen LogP contribution in [0.1, 0.15) is 15.9 Å². The predicted octanol–water partition coefficient (Wildman–Crippen LogP) is 3.28. The fourth-order valence-electron chi connectivity index (χ4n) is 2.02. The number of carbonyl (C=O) groups is 1. The Morgan fingerprint density at radius 3 is 2.62 bits per heavy atom. The monoisotopic (exact) mass is 295 g/mol. The summed E-state index contributed by atoms with van der Waals surface area (Å²) in [6.45, 7) is 2.04. The van der Waals surface area contributed by atoms with Crippen LogP contribution in [-0.4, -0.2) is 15.9 Å². The van der Waals surface area contributed by atoms with Gasteiger partial charge in [-0.05, 0) is 30.7 Å². The van der Waals surface area contributed by atoms with Crippen molar-refractivity contribution < 1.29 is 4.79 Å². The molecule has 1 amide bonds. The quantitative estimate of drug-likeness (QED) is 0.806. The molecule has 104 valence electrons. The minimum Gasteiger partial charge on any atom is -0.366 e. The third-order valence-electron chi connectivity index (χ3n) is 3.24. The highest BCUT2D eigenvalue weighted by atomic mass is 32.1. The zero-order chi connectivity index (χ0) is 14.8. The number of thiazole rings is 1. The Kier molecular flexibility index (Phi) is 3.50. The minimum absolute atomic E-state index is 0.425. The van der Waals surface area contributed by atoms with E-state index in [9.17, 15) is 4.79 Å². The lowest BCUT2D eigenvalue weighted by atomic mass is 10.1. The van der Waals surface area contributed by atoms with Crippen molar-refractivity contribution in [3.05, 3.63) is 59.2 Å². The van der Waals surface area contributed by atoms with Gasteiger partial charge in [-0.25, -0.2) is 4.98 Å². The summed E-state index contributed by atoms with van der Waals surface area (Å²) in [6, 6.07) is 9.11. The highest BCUT2D eigenvalue weighted by Gasteiger charge is 2.09. The molecule has 0 aliphatic rings. The van der Waals surface area contributed by atoms with Gasteiger partial charge >= 0.3 is 0 Å². The Bertz CT molecular complexity index is 793. The molecule has 0 spiro atoms. The smallest absolute Gasteiger partial charge is 0.248 e. The average molecular weight is 295 g/mol. The van der Waals surface area contributed by atoms with Crippen molar-refractivity contribution >= 4 is 17.2 Å². The number of amides is 1. The molecule has 0 bridgehead atoms. The first-order chi connectivity index (χ1) is 10.1. The molecular formula is C16H13N3OS. The van der Waals surface area contributed by atoms with E-state index in [2.05, 4.69) is 9.97 Å². The maximum Gasteiger partial charge on any atom is 0.248 e.